The number of carbonyl (C=O) groups excluding carboxylic acids is 1. The number of amides is 1. The molecule has 0 unspecified atom stereocenters. The minimum atomic E-state index is -0.676. The first kappa shape index (κ1) is 17.8. The van der Waals surface area contributed by atoms with Gasteiger partial charge in [-0.2, -0.15) is 0 Å². The van der Waals surface area contributed by atoms with Crippen molar-refractivity contribution < 1.29 is 19.4 Å². The van der Waals surface area contributed by atoms with Gasteiger partial charge >= 0.3 is 0 Å². The van der Waals surface area contributed by atoms with Gasteiger partial charge in [0.2, 0.25) is 0 Å². The van der Waals surface area contributed by atoms with Gasteiger partial charge in [0.15, 0.2) is 11.5 Å². The van der Waals surface area contributed by atoms with E-state index in [2.05, 4.69) is 4.98 Å². The lowest BCUT2D eigenvalue weighted by Gasteiger charge is -2.08. The molecular formula is C19H18N2O4S. The zero-order chi connectivity index (χ0) is 18.7. The van der Waals surface area contributed by atoms with Crippen LogP contribution in [0.5, 0.6) is 17.2 Å². The minimum absolute atomic E-state index is 0.0805. The second-order valence-electron chi connectivity index (χ2n) is 5.59. The van der Waals surface area contributed by atoms with Gasteiger partial charge in [-0.05, 0) is 35.9 Å². The van der Waals surface area contributed by atoms with Gasteiger partial charge in [-0.15, -0.1) is 11.3 Å². The van der Waals surface area contributed by atoms with Gasteiger partial charge < -0.3 is 20.3 Å². The summed E-state index contributed by atoms with van der Waals surface area (Å²) in [5.41, 5.74) is 7.87. The van der Waals surface area contributed by atoms with Crippen molar-refractivity contribution in [2.24, 2.45) is 5.73 Å². The number of aromatic hydroxyl groups is 1. The van der Waals surface area contributed by atoms with Crippen LogP contribution in [0, 0.1) is 0 Å². The lowest BCUT2D eigenvalue weighted by atomic mass is 10.1. The Morgan fingerprint density at radius 1 is 1.15 bits per heavy atom. The van der Waals surface area contributed by atoms with Crippen molar-refractivity contribution in [1.82, 2.24) is 4.98 Å². The molecule has 26 heavy (non-hydrogen) atoms. The molecule has 6 nitrogen and oxygen atoms in total. The van der Waals surface area contributed by atoms with E-state index in [4.69, 9.17) is 15.2 Å². The number of carbonyl (C=O) groups is 1. The van der Waals surface area contributed by atoms with Gasteiger partial charge in [0.05, 0.1) is 30.5 Å². The third-order valence-corrected chi connectivity index (χ3v) is 4.76. The van der Waals surface area contributed by atoms with E-state index in [1.165, 1.54) is 17.4 Å². The number of phenols is 1. The van der Waals surface area contributed by atoms with Crippen LogP contribution in [0.25, 0.3) is 11.3 Å². The summed E-state index contributed by atoms with van der Waals surface area (Å²) in [5, 5.41) is 12.5. The molecule has 0 bridgehead atoms. The molecule has 3 rings (SSSR count). The number of ether oxygens (including phenoxy) is 2. The van der Waals surface area contributed by atoms with Crippen molar-refractivity contribution in [3.8, 4) is 28.5 Å². The molecule has 1 amide bonds. The summed E-state index contributed by atoms with van der Waals surface area (Å²) in [4.78, 5) is 16.0. The van der Waals surface area contributed by atoms with Gasteiger partial charge in [0.25, 0.3) is 5.91 Å². The molecule has 134 valence electrons. The summed E-state index contributed by atoms with van der Waals surface area (Å²) in [6.07, 6.45) is 0.645. The molecular weight excluding hydrogens is 352 g/mol. The topological polar surface area (TPSA) is 94.7 Å². The molecule has 0 spiro atoms. The maximum Gasteiger partial charge on any atom is 0.252 e. The molecule has 0 aliphatic rings. The molecule has 1 heterocycles. The van der Waals surface area contributed by atoms with Crippen molar-refractivity contribution in [3.05, 3.63) is 57.9 Å². The molecule has 0 atom stereocenters. The normalized spacial score (nSPS) is 10.5. The number of thiazole rings is 1. The Labute approximate surface area is 154 Å². The molecule has 0 saturated carbocycles. The van der Waals surface area contributed by atoms with Crippen LogP contribution in [-0.2, 0) is 6.42 Å². The lowest BCUT2D eigenvalue weighted by Crippen LogP contribution is -2.11. The fourth-order valence-electron chi connectivity index (χ4n) is 2.58. The van der Waals surface area contributed by atoms with E-state index in [0.717, 1.165) is 21.8 Å². The summed E-state index contributed by atoms with van der Waals surface area (Å²) in [6.45, 7) is 0. The Hall–Kier alpha value is -3.06. The van der Waals surface area contributed by atoms with Gasteiger partial charge in [-0.3, -0.25) is 4.79 Å². The maximum atomic E-state index is 11.4. The van der Waals surface area contributed by atoms with Crippen molar-refractivity contribution in [1.29, 1.82) is 0 Å². The van der Waals surface area contributed by atoms with Crippen LogP contribution >= 0.6 is 11.3 Å². The fourth-order valence-corrected chi connectivity index (χ4v) is 3.42. The van der Waals surface area contributed by atoms with E-state index in [0.29, 0.717) is 17.9 Å². The highest BCUT2D eigenvalue weighted by atomic mass is 32.1. The predicted molar refractivity (Wildman–Crippen MR) is 100 cm³/mol. The molecule has 0 radical (unpaired) electrons. The molecule has 0 aliphatic heterocycles. The molecule has 3 aromatic rings. The van der Waals surface area contributed by atoms with Crippen LogP contribution in [0.3, 0.4) is 0 Å². The van der Waals surface area contributed by atoms with Gasteiger partial charge in [0.1, 0.15) is 5.75 Å². The van der Waals surface area contributed by atoms with Crippen LogP contribution in [0.4, 0.5) is 0 Å². The summed E-state index contributed by atoms with van der Waals surface area (Å²) in [5.74, 6) is 0.540. The third-order valence-electron chi connectivity index (χ3n) is 3.91. The van der Waals surface area contributed by atoms with Crippen molar-refractivity contribution in [2.75, 3.05) is 14.2 Å². The van der Waals surface area contributed by atoms with Gasteiger partial charge in [-0.1, -0.05) is 6.07 Å². The number of benzene rings is 2. The van der Waals surface area contributed by atoms with Crippen LogP contribution in [-0.4, -0.2) is 30.2 Å². The number of aromatic nitrogens is 1. The van der Waals surface area contributed by atoms with Crippen LogP contribution < -0.4 is 15.2 Å². The molecule has 2 aromatic carbocycles. The Morgan fingerprint density at radius 3 is 2.62 bits per heavy atom. The number of nitrogens with two attached hydrogens (primary N) is 1. The van der Waals surface area contributed by atoms with E-state index >= 15 is 0 Å². The SMILES string of the molecule is COc1ccc(Cc2nc(-c3ccc(O)c(C(N)=O)c3)cs2)cc1OC. The second-order valence-corrected chi connectivity index (χ2v) is 6.53. The van der Waals surface area contributed by atoms with Crippen LogP contribution in [0.2, 0.25) is 0 Å². The first-order valence-electron chi connectivity index (χ1n) is 7.80. The van der Waals surface area contributed by atoms with Crippen molar-refractivity contribution in [3.63, 3.8) is 0 Å². The number of methoxy groups -OCH3 is 2. The molecule has 3 N–H and O–H groups in total. The highest BCUT2D eigenvalue weighted by Crippen LogP contribution is 2.30. The van der Waals surface area contributed by atoms with E-state index in [1.54, 1.807) is 26.4 Å². The van der Waals surface area contributed by atoms with Gasteiger partial charge in [0, 0.05) is 17.4 Å². The van der Waals surface area contributed by atoms with Gasteiger partial charge in [-0.25, -0.2) is 4.98 Å². The van der Waals surface area contributed by atoms with Crippen LogP contribution in [0.1, 0.15) is 20.9 Å². The smallest absolute Gasteiger partial charge is 0.252 e. The van der Waals surface area contributed by atoms with E-state index in [-0.39, 0.29) is 11.3 Å². The second kappa shape index (κ2) is 7.45. The first-order valence-corrected chi connectivity index (χ1v) is 8.68. The van der Waals surface area contributed by atoms with Crippen molar-refractivity contribution in [2.45, 2.75) is 6.42 Å². The summed E-state index contributed by atoms with van der Waals surface area (Å²) in [6, 6.07) is 10.5. The van der Waals surface area contributed by atoms with E-state index in [9.17, 15) is 9.90 Å². The highest BCUT2D eigenvalue weighted by molar-refractivity contribution is 7.10. The van der Waals surface area contributed by atoms with Crippen LogP contribution in [0.15, 0.2) is 41.8 Å². The summed E-state index contributed by atoms with van der Waals surface area (Å²) >= 11 is 1.52. The van der Waals surface area contributed by atoms with Crippen molar-refractivity contribution >= 4 is 17.2 Å². The predicted octanol–water partition coefficient (Wildman–Crippen LogP) is 3.22. The fraction of sp³-hybridized carbons (Fsp3) is 0.158. The number of rotatable bonds is 6. The minimum Gasteiger partial charge on any atom is -0.507 e. The molecule has 1 aromatic heterocycles. The quantitative estimate of drug-likeness (QED) is 0.695. The monoisotopic (exact) mass is 370 g/mol. The number of hydrogen-bond donors (Lipinski definition) is 2. The molecule has 7 heteroatoms. The molecule has 0 fully saturated rings. The van der Waals surface area contributed by atoms with E-state index < -0.39 is 5.91 Å². The highest BCUT2D eigenvalue weighted by Gasteiger charge is 2.12. The molecule has 0 saturated heterocycles. The number of hydrogen-bond acceptors (Lipinski definition) is 6. The standard InChI is InChI=1S/C19H18N2O4S/c1-24-16-6-3-11(7-17(16)25-2)8-18-21-14(10-26-18)12-4-5-15(22)13(9-12)19(20)23/h3-7,9-10,22H,8H2,1-2H3,(H2,20,23). The Bertz CT molecular complexity index is 952. The molecule has 0 aliphatic carbocycles. The maximum absolute atomic E-state index is 11.4. The van der Waals surface area contributed by atoms with E-state index in [1.807, 2.05) is 23.6 Å². The zero-order valence-electron chi connectivity index (χ0n) is 14.4. The number of primary amides is 1. The average Bonchev–Trinajstić information content (AvgIpc) is 3.10. The third kappa shape index (κ3) is 3.62. The Balaban J connectivity index is 1.85. The zero-order valence-corrected chi connectivity index (χ0v) is 15.2. The Kier molecular flexibility index (Phi) is 5.09. The Morgan fingerprint density at radius 2 is 1.92 bits per heavy atom. The average molecular weight is 370 g/mol. The largest absolute Gasteiger partial charge is 0.507 e. The number of nitrogens with zero attached hydrogens (tertiary/aromatic N) is 1. The summed E-state index contributed by atoms with van der Waals surface area (Å²) < 4.78 is 10.6. The lowest BCUT2D eigenvalue weighted by molar-refractivity contribution is 0.0998. The first-order chi connectivity index (χ1) is 12.5. The summed E-state index contributed by atoms with van der Waals surface area (Å²) in [7, 11) is 3.20.